The third kappa shape index (κ3) is 3.81. The first kappa shape index (κ1) is 17.6. The summed E-state index contributed by atoms with van der Waals surface area (Å²) in [6.45, 7) is 4.30. The van der Waals surface area contributed by atoms with Crippen molar-refractivity contribution in [1.82, 2.24) is 14.4 Å². The van der Waals surface area contributed by atoms with Gasteiger partial charge in [0.2, 0.25) is 0 Å². The summed E-state index contributed by atoms with van der Waals surface area (Å²) >= 11 is 0. The Balaban J connectivity index is 1.36. The van der Waals surface area contributed by atoms with Crippen LogP contribution in [-0.2, 0) is 7.05 Å². The number of rotatable bonds is 4. The van der Waals surface area contributed by atoms with Crippen LogP contribution < -0.4 is 0 Å². The van der Waals surface area contributed by atoms with Crippen molar-refractivity contribution in [1.29, 1.82) is 0 Å². The first-order valence-electron chi connectivity index (χ1n) is 9.49. The number of piperazine rings is 1. The maximum Gasteiger partial charge on any atom is 0.256 e. The summed E-state index contributed by atoms with van der Waals surface area (Å²) < 4.78 is 2.03. The third-order valence-corrected chi connectivity index (χ3v) is 5.26. The van der Waals surface area contributed by atoms with Gasteiger partial charge in [-0.25, -0.2) is 0 Å². The quantitative estimate of drug-likeness (QED) is 0.711. The Morgan fingerprint density at radius 1 is 0.963 bits per heavy atom. The molecule has 1 fully saturated rings. The number of aryl methyl sites for hydroxylation is 1. The number of amides is 1. The van der Waals surface area contributed by atoms with Gasteiger partial charge in [-0.1, -0.05) is 60.7 Å². The van der Waals surface area contributed by atoms with E-state index in [0.717, 1.165) is 49.2 Å². The average Bonchev–Trinajstić information content (AvgIpc) is 3.06. The molecule has 3 aromatic rings. The molecule has 1 aliphatic heterocycles. The van der Waals surface area contributed by atoms with Crippen LogP contribution in [-0.4, -0.2) is 53.0 Å². The van der Waals surface area contributed by atoms with Crippen LogP contribution in [0.4, 0.5) is 0 Å². The zero-order valence-electron chi connectivity index (χ0n) is 15.7. The van der Waals surface area contributed by atoms with Crippen molar-refractivity contribution in [2.75, 3.05) is 32.7 Å². The topological polar surface area (TPSA) is 28.5 Å². The van der Waals surface area contributed by atoms with Gasteiger partial charge in [0.05, 0.1) is 5.56 Å². The average molecular weight is 359 g/mol. The number of carbonyl (C=O) groups is 1. The zero-order chi connectivity index (χ0) is 18.6. The van der Waals surface area contributed by atoms with Crippen molar-refractivity contribution in [3.05, 3.63) is 78.0 Å². The van der Waals surface area contributed by atoms with Gasteiger partial charge in [-0.05, 0) is 11.6 Å². The maximum atomic E-state index is 13.0. The standard InChI is InChI=1S/C23H25N3O/c1-24-18-21(20-11-5-6-12-22(20)24)23(27)26-16-14-25(15-17-26)13-7-10-19-8-3-2-4-9-19/h2-12,18H,13-17H2,1H3/b10-7+. The fourth-order valence-electron chi connectivity index (χ4n) is 3.72. The lowest BCUT2D eigenvalue weighted by Gasteiger charge is -2.34. The molecule has 0 saturated carbocycles. The number of carbonyl (C=O) groups excluding carboxylic acids is 1. The number of fused-ring (bicyclic) bond motifs is 1. The van der Waals surface area contributed by atoms with Gasteiger partial charge >= 0.3 is 0 Å². The number of aromatic nitrogens is 1. The van der Waals surface area contributed by atoms with Crippen molar-refractivity contribution in [3.8, 4) is 0 Å². The van der Waals surface area contributed by atoms with E-state index in [9.17, 15) is 4.79 Å². The molecule has 2 heterocycles. The number of hydrogen-bond donors (Lipinski definition) is 0. The molecule has 4 heteroatoms. The summed E-state index contributed by atoms with van der Waals surface area (Å²) in [5, 5.41) is 1.04. The molecule has 4 nitrogen and oxygen atoms in total. The number of benzene rings is 2. The Kier molecular flexibility index (Phi) is 5.07. The Hall–Kier alpha value is -2.85. The summed E-state index contributed by atoms with van der Waals surface area (Å²) in [6.07, 6.45) is 6.33. The van der Waals surface area contributed by atoms with Crippen LogP contribution in [0, 0.1) is 0 Å². The lowest BCUT2D eigenvalue weighted by atomic mass is 10.1. The lowest BCUT2D eigenvalue weighted by Crippen LogP contribution is -2.48. The van der Waals surface area contributed by atoms with Gasteiger partial charge in [-0.15, -0.1) is 0 Å². The molecule has 0 N–H and O–H groups in total. The highest BCUT2D eigenvalue weighted by atomic mass is 16.2. The van der Waals surface area contributed by atoms with E-state index < -0.39 is 0 Å². The van der Waals surface area contributed by atoms with Gasteiger partial charge < -0.3 is 9.47 Å². The normalized spacial score (nSPS) is 15.7. The van der Waals surface area contributed by atoms with Crippen LogP contribution in [0.1, 0.15) is 15.9 Å². The second kappa shape index (κ2) is 7.80. The molecule has 0 aliphatic carbocycles. The molecule has 1 aromatic heterocycles. The molecule has 0 unspecified atom stereocenters. The Morgan fingerprint density at radius 3 is 2.44 bits per heavy atom. The van der Waals surface area contributed by atoms with E-state index in [1.165, 1.54) is 5.56 Å². The van der Waals surface area contributed by atoms with Gasteiger partial charge in [0.1, 0.15) is 0 Å². The first-order valence-corrected chi connectivity index (χ1v) is 9.49. The molecule has 1 aliphatic rings. The van der Waals surface area contributed by atoms with E-state index in [4.69, 9.17) is 0 Å². The molecular weight excluding hydrogens is 334 g/mol. The molecule has 1 amide bonds. The Morgan fingerprint density at radius 2 is 1.67 bits per heavy atom. The van der Waals surface area contributed by atoms with Crippen molar-refractivity contribution in [2.45, 2.75) is 0 Å². The summed E-state index contributed by atoms with van der Waals surface area (Å²) in [4.78, 5) is 17.4. The van der Waals surface area contributed by atoms with Crippen LogP contribution >= 0.6 is 0 Å². The Bertz CT molecular complexity index is 950. The molecule has 2 aromatic carbocycles. The number of nitrogens with zero attached hydrogens (tertiary/aromatic N) is 3. The predicted octanol–water partition coefficient (Wildman–Crippen LogP) is 3.65. The van der Waals surface area contributed by atoms with E-state index in [2.05, 4.69) is 47.4 Å². The van der Waals surface area contributed by atoms with Gasteiger partial charge in [-0.3, -0.25) is 9.69 Å². The second-order valence-corrected chi connectivity index (χ2v) is 7.08. The van der Waals surface area contributed by atoms with Crippen LogP contribution in [0.2, 0.25) is 0 Å². The fraction of sp³-hybridized carbons (Fsp3) is 0.261. The molecule has 0 radical (unpaired) electrons. The minimum atomic E-state index is 0.145. The van der Waals surface area contributed by atoms with Crippen molar-refractivity contribution in [2.24, 2.45) is 7.05 Å². The Labute approximate surface area is 160 Å². The molecular formula is C23H25N3O. The molecule has 138 valence electrons. The second-order valence-electron chi connectivity index (χ2n) is 7.08. The van der Waals surface area contributed by atoms with Crippen LogP contribution in [0.5, 0.6) is 0 Å². The molecule has 0 bridgehead atoms. The van der Waals surface area contributed by atoms with E-state index in [1.54, 1.807) is 0 Å². The smallest absolute Gasteiger partial charge is 0.256 e. The molecule has 0 spiro atoms. The molecule has 0 atom stereocenters. The molecule has 27 heavy (non-hydrogen) atoms. The van der Waals surface area contributed by atoms with Crippen LogP contribution in [0.15, 0.2) is 66.9 Å². The van der Waals surface area contributed by atoms with Gasteiger partial charge in [0, 0.05) is 56.9 Å². The van der Waals surface area contributed by atoms with Crippen LogP contribution in [0.3, 0.4) is 0 Å². The van der Waals surface area contributed by atoms with Gasteiger partial charge in [0.15, 0.2) is 0 Å². The minimum Gasteiger partial charge on any atom is -0.350 e. The lowest BCUT2D eigenvalue weighted by molar-refractivity contribution is 0.0652. The van der Waals surface area contributed by atoms with Crippen LogP contribution in [0.25, 0.3) is 17.0 Å². The van der Waals surface area contributed by atoms with Crippen molar-refractivity contribution in [3.63, 3.8) is 0 Å². The molecule has 4 rings (SSSR count). The summed E-state index contributed by atoms with van der Waals surface area (Å²) in [5.41, 5.74) is 3.14. The first-order chi connectivity index (χ1) is 13.2. The number of hydrogen-bond acceptors (Lipinski definition) is 2. The van der Waals surface area contributed by atoms with E-state index >= 15 is 0 Å². The van der Waals surface area contributed by atoms with E-state index in [0.29, 0.717) is 0 Å². The fourth-order valence-corrected chi connectivity index (χ4v) is 3.72. The van der Waals surface area contributed by atoms with Crippen molar-refractivity contribution < 1.29 is 4.79 Å². The van der Waals surface area contributed by atoms with Crippen molar-refractivity contribution >= 4 is 22.9 Å². The molecule has 1 saturated heterocycles. The van der Waals surface area contributed by atoms with Gasteiger partial charge in [-0.2, -0.15) is 0 Å². The summed E-state index contributed by atoms with van der Waals surface area (Å²) in [7, 11) is 2.00. The van der Waals surface area contributed by atoms with E-state index in [1.807, 2.05) is 47.0 Å². The maximum absolute atomic E-state index is 13.0. The largest absolute Gasteiger partial charge is 0.350 e. The van der Waals surface area contributed by atoms with E-state index in [-0.39, 0.29) is 5.91 Å². The number of para-hydroxylation sites is 1. The summed E-state index contributed by atoms with van der Waals surface area (Å²) in [5.74, 6) is 0.145. The SMILES string of the molecule is Cn1cc(C(=O)N2CCN(C/C=C/c3ccccc3)CC2)c2ccccc21. The zero-order valence-corrected chi connectivity index (χ0v) is 15.7. The highest BCUT2D eigenvalue weighted by Gasteiger charge is 2.24. The highest BCUT2D eigenvalue weighted by molar-refractivity contribution is 6.07. The monoisotopic (exact) mass is 359 g/mol. The highest BCUT2D eigenvalue weighted by Crippen LogP contribution is 2.22. The van der Waals surface area contributed by atoms with Gasteiger partial charge in [0.25, 0.3) is 5.91 Å². The minimum absolute atomic E-state index is 0.145. The summed E-state index contributed by atoms with van der Waals surface area (Å²) in [6, 6.07) is 18.5. The third-order valence-electron chi connectivity index (χ3n) is 5.26. The predicted molar refractivity (Wildman–Crippen MR) is 111 cm³/mol.